The fraction of sp³-hybridized carbons (Fsp3) is 0.348. The van der Waals surface area contributed by atoms with Crippen LogP contribution < -0.4 is 5.32 Å². The summed E-state index contributed by atoms with van der Waals surface area (Å²) in [7, 11) is 0. The number of carbonyl (C=O) groups excluding carboxylic acids is 3. The highest BCUT2D eigenvalue weighted by atomic mass is 35.5. The van der Waals surface area contributed by atoms with Crippen molar-refractivity contribution in [3.05, 3.63) is 64.7 Å². The summed E-state index contributed by atoms with van der Waals surface area (Å²) in [6.07, 6.45) is -0.330. The van der Waals surface area contributed by atoms with Gasteiger partial charge in [-0.05, 0) is 48.9 Å². The lowest BCUT2D eigenvalue weighted by atomic mass is 10.1. The first-order chi connectivity index (χ1) is 15.5. The molecular formula is C23H26ClN3O4S. The molecule has 9 heteroatoms. The summed E-state index contributed by atoms with van der Waals surface area (Å²) < 4.78 is 5.01. The number of anilines is 1. The summed E-state index contributed by atoms with van der Waals surface area (Å²) >= 11 is 7.35. The van der Waals surface area contributed by atoms with E-state index in [0.29, 0.717) is 60.6 Å². The van der Waals surface area contributed by atoms with E-state index in [0.717, 1.165) is 5.56 Å². The molecular weight excluding hydrogens is 450 g/mol. The molecule has 1 aliphatic rings. The van der Waals surface area contributed by atoms with Crippen molar-refractivity contribution >= 4 is 47.0 Å². The van der Waals surface area contributed by atoms with Gasteiger partial charge in [-0.1, -0.05) is 23.7 Å². The van der Waals surface area contributed by atoms with E-state index < -0.39 is 0 Å². The van der Waals surface area contributed by atoms with Crippen LogP contribution in [0.15, 0.2) is 48.5 Å². The van der Waals surface area contributed by atoms with E-state index in [-0.39, 0.29) is 17.9 Å². The number of halogens is 1. The average molecular weight is 476 g/mol. The maximum absolute atomic E-state index is 12.7. The summed E-state index contributed by atoms with van der Waals surface area (Å²) in [6.45, 7) is 4.02. The molecule has 0 unspecified atom stereocenters. The van der Waals surface area contributed by atoms with Gasteiger partial charge in [-0.25, -0.2) is 4.79 Å². The molecule has 0 radical (unpaired) electrons. The Hall–Kier alpha value is -2.71. The van der Waals surface area contributed by atoms with E-state index in [9.17, 15) is 14.4 Å². The van der Waals surface area contributed by atoms with E-state index >= 15 is 0 Å². The predicted molar refractivity (Wildman–Crippen MR) is 127 cm³/mol. The number of ether oxygens (including phenoxy) is 1. The molecule has 0 aliphatic carbocycles. The van der Waals surface area contributed by atoms with Crippen LogP contribution in [-0.4, -0.2) is 66.2 Å². The van der Waals surface area contributed by atoms with Crippen LogP contribution >= 0.6 is 23.4 Å². The summed E-state index contributed by atoms with van der Waals surface area (Å²) in [4.78, 5) is 40.0. The molecule has 0 saturated carbocycles. The lowest BCUT2D eigenvalue weighted by molar-refractivity contribution is -0.113. The fourth-order valence-electron chi connectivity index (χ4n) is 3.22. The Morgan fingerprint density at radius 1 is 0.969 bits per heavy atom. The molecule has 1 saturated heterocycles. The number of piperazine rings is 1. The molecule has 7 nitrogen and oxygen atoms in total. The fourth-order valence-corrected chi connectivity index (χ4v) is 4.14. The molecule has 3 rings (SSSR count). The molecule has 0 bridgehead atoms. The number of nitrogens with zero attached hydrogens (tertiary/aromatic N) is 2. The predicted octanol–water partition coefficient (Wildman–Crippen LogP) is 4.13. The summed E-state index contributed by atoms with van der Waals surface area (Å²) in [5.74, 6) is 0.871. The Bertz CT molecular complexity index is 929. The second kappa shape index (κ2) is 11.8. The number of amides is 3. The number of rotatable bonds is 7. The Morgan fingerprint density at radius 3 is 2.22 bits per heavy atom. The highest BCUT2D eigenvalue weighted by molar-refractivity contribution is 7.99. The Labute approximate surface area is 197 Å². The number of hydrogen-bond acceptors (Lipinski definition) is 5. The van der Waals surface area contributed by atoms with Crippen molar-refractivity contribution < 1.29 is 19.1 Å². The summed E-state index contributed by atoms with van der Waals surface area (Å²) in [5, 5.41) is 3.46. The molecule has 0 spiro atoms. The SMILES string of the molecule is CCOC(=O)N1CCN(C(=O)c2ccc(CSCC(=O)Nc3ccc(Cl)cc3)cc2)CC1. The Morgan fingerprint density at radius 2 is 1.59 bits per heavy atom. The van der Waals surface area contributed by atoms with Crippen LogP contribution in [0.25, 0.3) is 0 Å². The first kappa shape index (κ1) is 23.9. The van der Waals surface area contributed by atoms with Gasteiger partial charge in [0.25, 0.3) is 5.91 Å². The van der Waals surface area contributed by atoms with Crippen molar-refractivity contribution in [2.45, 2.75) is 12.7 Å². The van der Waals surface area contributed by atoms with Gasteiger partial charge in [-0.3, -0.25) is 9.59 Å². The zero-order chi connectivity index (χ0) is 22.9. The topological polar surface area (TPSA) is 79.0 Å². The van der Waals surface area contributed by atoms with Gasteiger partial charge in [-0.15, -0.1) is 11.8 Å². The molecule has 1 aliphatic heterocycles. The van der Waals surface area contributed by atoms with E-state index in [1.54, 1.807) is 41.0 Å². The zero-order valence-electron chi connectivity index (χ0n) is 17.9. The summed E-state index contributed by atoms with van der Waals surface area (Å²) in [5.41, 5.74) is 2.37. The van der Waals surface area contributed by atoms with Gasteiger partial charge in [0.15, 0.2) is 0 Å². The molecule has 2 aromatic rings. The van der Waals surface area contributed by atoms with Gasteiger partial charge < -0.3 is 19.9 Å². The first-order valence-corrected chi connectivity index (χ1v) is 11.9. The molecule has 170 valence electrons. The largest absolute Gasteiger partial charge is 0.450 e. The van der Waals surface area contributed by atoms with Crippen LogP contribution in [0.4, 0.5) is 10.5 Å². The lowest BCUT2D eigenvalue weighted by Crippen LogP contribution is -2.50. The van der Waals surface area contributed by atoms with Crippen LogP contribution in [0.5, 0.6) is 0 Å². The number of thioether (sulfide) groups is 1. The van der Waals surface area contributed by atoms with Crippen LogP contribution in [0.2, 0.25) is 5.02 Å². The number of benzene rings is 2. The molecule has 0 atom stereocenters. The lowest BCUT2D eigenvalue weighted by Gasteiger charge is -2.34. The third-order valence-electron chi connectivity index (χ3n) is 4.92. The van der Waals surface area contributed by atoms with Gasteiger partial charge in [0.1, 0.15) is 0 Å². The standard InChI is InChI=1S/C23H26ClN3O4S/c1-2-31-23(30)27-13-11-26(12-14-27)22(29)18-5-3-17(4-6-18)15-32-16-21(28)25-20-9-7-19(24)8-10-20/h3-10H,2,11-16H2,1H3,(H,25,28). The van der Waals surface area contributed by atoms with E-state index in [1.165, 1.54) is 11.8 Å². The second-order valence-corrected chi connectivity index (χ2v) is 8.64. The minimum atomic E-state index is -0.330. The van der Waals surface area contributed by atoms with Crippen LogP contribution in [0.3, 0.4) is 0 Å². The summed E-state index contributed by atoms with van der Waals surface area (Å²) in [6, 6.07) is 14.4. The first-order valence-electron chi connectivity index (χ1n) is 10.4. The van der Waals surface area contributed by atoms with E-state index in [4.69, 9.17) is 16.3 Å². The highest BCUT2D eigenvalue weighted by Gasteiger charge is 2.25. The van der Waals surface area contributed by atoms with Gasteiger partial charge in [-0.2, -0.15) is 0 Å². The minimum absolute atomic E-state index is 0.0462. The third-order valence-corrected chi connectivity index (χ3v) is 6.18. The van der Waals surface area contributed by atoms with Gasteiger partial charge in [0.05, 0.1) is 12.4 Å². The molecule has 2 aromatic carbocycles. The van der Waals surface area contributed by atoms with Crippen LogP contribution in [0.1, 0.15) is 22.8 Å². The Kier molecular flexibility index (Phi) is 8.81. The zero-order valence-corrected chi connectivity index (χ0v) is 19.5. The second-order valence-electron chi connectivity index (χ2n) is 7.22. The molecule has 1 N–H and O–H groups in total. The number of hydrogen-bond donors (Lipinski definition) is 1. The van der Waals surface area contributed by atoms with E-state index in [1.807, 2.05) is 24.3 Å². The minimum Gasteiger partial charge on any atom is -0.450 e. The molecule has 0 aromatic heterocycles. The van der Waals surface area contributed by atoms with Crippen molar-refractivity contribution in [2.24, 2.45) is 0 Å². The molecule has 32 heavy (non-hydrogen) atoms. The molecule has 1 fully saturated rings. The van der Waals surface area contributed by atoms with Gasteiger partial charge >= 0.3 is 6.09 Å². The van der Waals surface area contributed by atoms with E-state index in [2.05, 4.69) is 5.32 Å². The Balaban J connectivity index is 1.41. The molecule has 3 amide bonds. The monoisotopic (exact) mass is 475 g/mol. The third kappa shape index (κ3) is 6.90. The normalized spacial score (nSPS) is 13.6. The maximum atomic E-state index is 12.7. The highest BCUT2D eigenvalue weighted by Crippen LogP contribution is 2.17. The number of carbonyl (C=O) groups is 3. The number of nitrogens with one attached hydrogen (secondary N) is 1. The molecule has 1 heterocycles. The smallest absolute Gasteiger partial charge is 0.409 e. The quantitative estimate of drug-likeness (QED) is 0.651. The van der Waals surface area contributed by atoms with Gasteiger partial charge in [0.2, 0.25) is 5.91 Å². The van der Waals surface area contributed by atoms with Crippen molar-refractivity contribution in [1.82, 2.24) is 9.80 Å². The van der Waals surface area contributed by atoms with Crippen molar-refractivity contribution in [3.63, 3.8) is 0 Å². The maximum Gasteiger partial charge on any atom is 0.409 e. The van der Waals surface area contributed by atoms with Crippen molar-refractivity contribution in [3.8, 4) is 0 Å². The van der Waals surface area contributed by atoms with Gasteiger partial charge in [0, 0.05) is 48.2 Å². The van der Waals surface area contributed by atoms with Crippen LogP contribution in [0, 0.1) is 0 Å². The van der Waals surface area contributed by atoms with Crippen LogP contribution in [-0.2, 0) is 15.3 Å². The van der Waals surface area contributed by atoms with Crippen molar-refractivity contribution in [1.29, 1.82) is 0 Å². The van der Waals surface area contributed by atoms with Crippen molar-refractivity contribution in [2.75, 3.05) is 43.9 Å². The average Bonchev–Trinajstić information content (AvgIpc) is 2.81.